The molecule has 1 aromatic rings. The van der Waals surface area contributed by atoms with E-state index in [1.165, 1.54) is 16.2 Å². The van der Waals surface area contributed by atoms with Crippen LogP contribution in [0, 0.1) is 0 Å². The predicted molar refractivity (Wildman–Crippen MR) is 67.3 cm³/mol. The Hall–Kier alpha value is -1.21. The van der Waals surface area contributed by atoms with Crippen molar-refractivity contribution in [1.82, 2.24) is 15.1 Å². The Balaban J connectivity index is 2.45. The summed E-state index contributed by atoms with van der Waals surface area (Å²) in [6, 6.07) is -0.280. The van der Waals surface area contributed by atoms with Gasteiger partial charge in [0.2, 0.25) is 5.13 Å². The molecule has 6 nitrogen and oxygen atoms in total. The molecule has 0 aliphatic rings. The van der Waals surface area contributed by atoms with Gasteiger partial charge in [-0.05, 0) is 6.42 Å². The third kappa shape index (κ3) is 4.66. The fourth-order valence-electron chi connectivity index (χ4n) is 1.17. The summed E-state index contributed by atoms with van der Waals surface area (Å²) in [6.45, 7) is 2.36. The lowest BCUT2D eigenvalue weighted by Crippen LogP contribution is -2.33. The molecule has 0 radical (unpaired) electrons. The number of anilines is 1. The van der Waals surface area contributed by atoms with Gasteiger partial charge in [0.1, 0.15) is 5.01 Å². The van der Waals surface area contributed by atoms with Crippen molar-refractivity contribution >= 4 is 22.5 Å². The summed E-state index contributed by atoms with van der Waals surface area (Å²) in [5.74, 6) is 0. The van der Waals surface area contributed by atoms with E-state index in [2.05, 4.69) is 22.4 Å². The highest BCUT2D eigenvalue weighted by Gasteiger charge is 2.11. The zero-order valence-electron chi connectivity index (χ0n) is 10.1. The molecule has 2 amide bonds. The van der Waals surface area contributed by atoms with Gasteiger partial charge in [0.25, 0.3) is 0 Å². The van der Waals surface area contributed by atoms with E-state index in [-0.39, 0.29) is 12.6 Å². The third-order valence-electron chi connectivity index (χ3n) is 2.21. The van der Waals surface area contributed by atoms with Crippen molar-refractivity contribution in [1.29, 1.82) is 0 Å². The number of urea groups is 1. The molecule has 1 rings (SSSR count). The number of aliphatic hydroxyl groups excluding tert-OH is 1. The van der Waals surface area contributed by atoms with Crippen LogP contribution in [-0.2, 0) is 6.42 Å². The first-order chi connectivity index (χ1) is 8.17. The van der Waals surface area contributed by atoms with Crippen molar-refractivity contribution in [2.45, 2.75) is 26.2 Å². The number of nitrogens with one attached hydrogen (secondary N) is 1. The number of hydrogen-bond acceptors (Lipinski definition) is 5. The number of nitrogens with zero attached hydrogens (tertiary/aromatic N) is 3. The van der Waals surface area contributed by atoms with Gasteiger partial charge in [0.05, 0.1) is 6.61 Å². The summed E-state index contributed by atoms with van der Waals surface area (Å²) < 4.78 is 0. The second-order valence-corrected chi connectivity index (χ2v) is 4.74. The number of aliphatic hydroxyl groups is 1. The van der Waals surface area contributed by atoms with E-state index in [0.717, 1.165) is 24.3 Å². The van der Waals surface area contributed by atoms with Crippen LogP contribution in [0.5, 0.6) is 0 Å². The van der Waals surface area contributed by atoms with Crippen LogP contribution < -0.4 is 5.32 Å². The van der Waals surface area contributed by atoms with Gasteiger partial charge in [0.15, 0.2) is 0 Å². The third-order valence-corrected chi connectivity index (χ3v) is 3.11. The van der Waals surface area contributed by atoms with Gasteiger partial charge in [-0.25, -0.2) is 4.79 Å². The van der Waals surface area contributed by atoms with Crippen molar-refractivity contribution in [3.8, 4) is 0 Å². The van der Waals surface area contributed by atoms with Gasteiger partial charge in [-0.2, -0.15) is 0 Å². The topological polar surface area (TPSA) is 78.4 Å². The van der Waals surface area contributed by atoms with Crippen molar-refractivity contribution in [3.63, 3.8) is 0 Å². The van der Waals surface area contributed by atoms with Gasteiger partial charge in [-0.3, -0.25) is 5.32 Å². The van der Waals surface area contributed by atoms with E-state index >= 15 is 0 Å². The molecule has 0 unspecified atom stereocenters. The van der Waals surface area contributed by atoms with Crippen LogP contribution in [0.3, 0.4) is 0 Å². The van der Waals surface area contributed by atoms with Crippen LogP contribution in [-0.4, -0.2) is 46.4 Å². The van der Waals surface area contributed by atoms with Gasteiger partial charge >= 0.3 is 6.03 Å². The van der Waals surface area contributed by atoms with Crippen LogP contribution in [0.25, 0.3) is 0 Å². The molecule has 7 heteroatoms. The Bertz CT molecular complexity index is 356. The lowest BCUT2D eigenvalue weighted by atomic mass is 10.3. The summed E-state index contributed by atoms with van der Waals surface area (Å²) in [5.41, 5.74) is 0. The fraction of sp³-hybridized carbons (Fsp3) is 0.700. The molecule has 1 aromatic heterocycles. The van der Waals surface area contributed by atoms with Crippen molar-refractivity contribution in [3.05, 3.63) is 5.01 Å². The molecule has 0 saturated carbocycles. The number of rotatable bonds is 6. The first kappa shape index (κ1) is 13.9. The SMILES string of the molecule is CCCCc1nnc(NC(=O)N(C)CCO)s1. The summed E-state index contributed by atoms with van der Waals surface area (Å²) >= 11 is 1.39. The number of likely N-dealkylation sites (N-methyl/N-ethyl adjacent to an activating group) is 1. The smallest absolute Gasteiger partial charge is 0.323 e. The van der Waals surface area contributed by atoms with Crippen LogP contribution in [0.4, 0.5) is 9.93 Å². The normalized spacial score (nSPS) is 10.3. The molecule has 0 spiro atoms. The lowest BCUT2D eigenvalue weighted by molar-refractivity contribution is 0.202. The maximum Gasteiger partial charge on any atom is 0.323 e. The molecular formula is C10H18N4O2S. The Morgan fingerprint density at radius 1 is 1.53 bits per heavy atom. The minimum absolute atomic E-state index is 0.0538. The molecule has 0 bridgehead atoms. The first-order valence-corrected chi connectivity index (χ1v) is 6.44. The second kappa shape index (κ2) is 7.18. The molecule has 0 aliphatic carbocycles. The van der Waals surface area contributed by atoms with E-state index in [1.807, 2.05) is 0 Å². The number of aromatic nitrogens is 2. The number of amides is 2. The molecular weight excluding hydrogens is 240 g/mol. The number of carbonyl (C=O) groups is 1. The summed E-state index contributed by atoms with van der Waals surface area (Å²) in [4.78, 5) is 13.0. The highest BCUT2D eigenvalue weighted by Crippen LogP contribution is 2.17. The average Bonchev–Trinajstić information content (AvgIpc) is 2.74. The van der Waals surface area contributed by atoms with Crippen molar-refractivity contribution in [2.24, 2.45) is 0 Å². The van der Waals surface area contributed by atoms with Crippen LogP contribution in [0.15, 0.2) is 0 Å². The van der Waals surface area contributed by atoms with Crippen molar-refractivity contribution < 1.29 is 9.90 Å². The summed E-state index contributed by atoms with van der Waals surface area (Å²) in [5, 5.41) is 20.7. The molecule has 2 N–H and O–H groups in total. The Morgan fingerprint density at radius 3 is 2.94 bits per heavy atom. The predicted octanol–water partition coefficient (Wildman–Crippen LogP) is 1.34. The van der Waals surface area contributed by atoms with Gasteiger partial charge < -0.3 is 10.0 Å². The van der Waals surface area contributed by atoms with E-state index < -0.39 is 0 Å². The van der Waals surface area contributed by atoms with E-state index in [9.17, 15) is 4.79 Å². The van der Waals surface area contributed by atoms with Crippen LogP contribution in [0.1, 0.15) is 24.8 Å². The molecule has 0 fully saturated rings. The van der Waals surface area contributed by atoms with E-state index in [0.29, 0.717) is 11.7 Å². The molecule has 0 aromatic carbocycles. The highest BCUT2D eigenvalue weighted by molar-refractivity contribution is 7.15. The molecule has 0 atom stereocenters. The fourth-order valence-corrected chi connectivity index (χ4v) is 1.94. The number of carbonyl (C=O) groups excluding carboxylic acids is 1. The van der Waals surface area contributed by atoms with Crippen molar-refractivity contribution in [2.75, 3.05) is 25.5 Å². The van der Waals surface area contributed by atoms with Gasteiger partial charge in [-0.15, -0.1) is 10.2 Å². The monoisotopic (exact) mass is 258 g/mol. The maximum absolute atomic E-state index is 11.6. The first-order valence-electron chi connectivity index (χ1n) is 5.62. The minimum Gasteiger partial charge on any atom is -0.395 e. The number of unbranched alkanes of at least 4 members (excludes halogenated alkanes) is 1. The second-order valence-electron chi connectivity index (χ2n) is 3.68. The maximum atomic E-state index is 11.6. The summed E-state index contributed by atoms with van der Waals surface area (Å²) in [7, 11) is 1.62. The minimum atomic E-state index is -0.280. The Labute approximate surface area is 105 Å². The lowest BCUT2D eigenvalue weighted by Gasteiger charge is -2.14. The molecule has 0 saturated heterocycles. The quantitative estimate of drug-likeness (QED) is 0.807. The largest absolute Gasteiger partial charge is 0.395 e. The Morgan fingerprint density at radius 2 is 2.29 bits per heavy atom. The van der Waals surface area contributed by atoms with Gasteiger partial charge in [-0.1, -0.05) is 24.7 Å². The van der Waals surface area contributed by atoms with E-state index in [4.69, 9.17) is 5.11 Å². The summed E-state index contributed by atoms with van der Waals surface area (Å²) in [6.07, 6.45) is 3.09. The number of hydrogen-bond donors (Lipinski definition) is 2. The van der Waals surface area contributed by atoms with Crippen LogP contribution in [0.2, 0.25) is 0 Å². The zero-order chi connectivity index (χ0) is 12.7. The highest BCUT2D eigenvalue weighted by atomic mass is 32.1. The molecule has 1 heterocycles. The van der Waals surface area contributed by atoms with E-state index in [1.54, 1.807) is 7.05 Å². The molecule has 17 heavy (non-hydrogen) atoms. The zero-order valence-corrected chi connectivity index (χ0v) is 11.0. The average molecular weight is 258 g/mol. The van der Waals surface area contributed by atoms with Gasteiger partial charge in [0, 0.05) is 20.0 Å². The number of aryl methyl sites for hydroxylation is 1. The standard InChI is InChI=1S/C10H18N4O2S/c1-3-4-5-8-12-13-9(17-8)11-10(16)14(2)6-7-15/h15H,3-7H2,1-2H3,(H,11,13,16). The Kier molecular flexibility index (Phi) is 5.85. The van der Waals surface area contributed by atoms with Crippen LogP contribution >= 0.6 is 11.3 Å². The molecule has 0 aliphatic heterocycles. The molecule has 96 valence electrons.